The number of carbonyl (C=O) groups is 2. The van der Waals surface area contributed by atoms with Crippen LogP contribution in [0.1, 0.15) is 75.9 Å². The molecule has 1 aliphatic carbocycles. The van der Waals surface area contributed by atoms with Crippen molar-refractivity contribution in [1.29, 1.82) is 0 Å². The van der Waals surface area contributed by atoms with Crippen LogP contribution in [0.4, 0.5) is 11.5 Å². The SMILES string of the molecule is CNc1nc(C2CCC(C)(C)C(NC(=O)C(=O)c3ccccc3)C2)ccc1NCC(C)(C)C. The third-order valence-electron chi connectivity index (χ3n) is 6.53. The van der Waals surface area contributed by atoms with Gasteiger partial charge in [0.15, 0.2) is 0 Å². The number of benzene rings is 1. The Labute approximate surface area is 198 Å². The molecule has 0 saturated heterocycles. The molecule has 178 valence electrons. The summed E-state index contributed by atoms with van der Waals surface area (Å²) in [6, 6.07) is 12.8. The lowest BCUT2D eigenvalue weighted by atomic mass is 9.68. The smallest absolute Gasteiger partial charge is 0.292 e. The summed E-state index contributed by atoms with van der Waals surface area (Å²) in [5, 5.41) is 9.75. The second-order valence-corrected chi connectivity index (χ2v) is 11.0. The number of nitrogens with zero attached hydrogens (tertiary/aromatic N) is 1. The Morgan fingerprint density at radius 1 is 1.09 bits per heavy atom. The van der Waals surface area contributed by atoms with Gasteiger partial charge in [-0.25, -0.2) is 4.98 Å². The lowest BCUT2D eigenvalue weighted by Gasteiger charge is -2.42. The number of amides is 1. The van der Waals surface area contributed by atoms with Gasteiger partial charge in [-0.15, -0.1) is 0 Å². The Kier molecular flexibility index (Phi) is 7.45. The maximum atomic E-state index is 12.7. The van der Waals surface area contributed by atoms with E-state index in [1.54, 1.807) is 24.3 Å². The Hall–Kier alpha value is -2.89. The van der Waals surface area contributed by atoms with Crippen molar-refractivity contribution in [2.45, 2.75) is 65.8 Å². The molecule has 0 bridgehead atoms. The number of hydrogen-bond acceptors (Lipinski definition) is 5. The van der Waals surface area contributed by atoms with E-state index in [-0.39, 0.29) is 22.8 Å². The quantitative estimate of drug-likeness (QED) is 0.397. The summed E-state index contributed by atoms with van der Waals surface area (Å²) in [7, 11) is 1.89. The average molecular weight is 451 g/mol. The molecule has 0 radical (unpaired) electrons. The van der Waals surface area contributed by atoms with Crippen LogP contribution in [0.15, 0.2) is 42.5 Å². The lowest BCUT2D eigenvalue weighted by molar-refractivity contribution is -0.118. The maximum absolute atomic E-state index is 12.7. The molecule has 1 fully saturated rings. The van der Waals surface area contributed by atoms with E-state index in [2.05, 4.69) is 62.7 Å². The van der Waals surface area contributed by atoms with Gasteiger partial charge >= 0.3 is 0 Å². The van der Waals surface area contributed by atoms with Gasteiger partial charge in [-0.3, -0.25) is 9.59 Å². The predicted molar refractivity (Wildman–Crippen MR) is 135 cm³/mol. The minimum absolute atomic E-state index is 0.0941. The zero-order valence-corrected chi connectivity index (χ0v) is 20.8. The van der Waals surface area contributed by atoms with Gasteiger partial charge < -0.3 is 16.0 Å². The summed E-state index contributed by atoms with van der Waals surface area (Å²) in [4.78, 5) is 30.2. The Morgan fingerprint density at radius 3 is 2.42 bits per heavy atom. The molecule has 2 aromatic rings. The van der Waals surface area contributed by atoms with Gasteiger partial charge in [0.2, 0.25) is 5.78 Å². The summed E-state index contributed by atoms with van der Waals surface area (Å²) in [5.41, 5.74) is 2.50. The highest BCUT2D eigenvalue weighted by Gasteiger charge is 2.39. The van der Waals surface area contributed by atoms with E-state index in [4.69, 9.17) is 4.98 Å². The van der Waals surface area contributed by atoms with Gasteiger partial charge in [0.25, 0.3) is 5.91 Å². The molecule has 6 nitrogen and oxygen atoms in total. The van der Waals surface area contributed by atoms with Gasteiger partial charge in [0.1, 0.15) is 5.82 Å². The predicted octanol–water partition coefficient (Wildman–Crippen LogP) is 5.24. The van der Waals surface area contributed by atoms with Crippen molar-refractivity contribution < 1.29 is 9.59 Å². The zero-order chi connectivity index (χ0) is 24.2. The molecular formula is C27H38N4O2. The number of rotatable bonds is 7. The first kappa shape index (κ1) is 24.7. The number of hydrogen-bond donors (Lipinski definition) is 3. The van der Waals surface area contributed by atoms with E-state index in [0.29, 0.717) is 5.56 Å². The standard InChI is InChI=1S/C27H38N4O2/c1-26(2,3)17-29-21-13-12-20(30-24(21)28-6)19-14-15-27(4,5)22(16-19)31-25(33)23(32)18-10-8-7-9-11-18/h7-13,19,22,29H,14-17H2,1-6H3,(H,28,30)(H,31,33). The first-order valence-electron chi connectivity index (χ1n) is 11.8. The molecule has 3 N–H and O–H groups in total. The number of pyridine rings is 1. The molecule has 1 aliphatic rings. The van der Waals surface area contributed by atoms with Crippen molar-refractivity contribution >= 4 is 23.2 Å². The van der Waals surface area contributed by atoms with Crippen LogP contribution in [-0.2, 0) is 4.79 Å². The van der Waals surface area contributed by atoms with Crippen molar-refractivity contribution in [3.05, 3.63) is 53.7 Å². The van der Waals surface area contributed by atoms with Crippen LogP contribution in [0.25, 0.3) is 0 Å². The molecule has 1 aromatic carbocycles. The number of Topliss-reactive ketones (excluding diaryl/α,β-unsaturated/α-hetero) is 1. The lowest BCUT2D eigenvalue weighted by Crippen LogP contribution is -2.50. The van der Waals surface area contributed by atoms with Crippen molar-refractivity contribution in [3.63, 3.8) is 0 Å². The van der Waals surface area contributed by atoms with E-state index in [0.717, 1.165) is 43.0 Å². The Balaban J connectivity index is 1.73. The third-order valence-corrected chi connectivity index (χ3v) is 6.53. The van der Waals surface area contributed by atoms with Crippen LogP contribution in [0.2, 0.25) is 0 Å². The normalized spacial score (nSPS) is 20.1. The number of aromatic nitrogens is 1. The minimum atomic E-state index is -0.537. The fourth-order valence-electron chi connectivity index (χ4n) is 4.30. The zero-order valence-electron chi connectivity index (χ0n) is 20.8. The van der Waals surface area contributed by atoms with E-state index >= 15 is 0 Å². The fraction of sp³-hybridized carbons (Fsp3) is 0.519. The Morgan fingerprint density at radius 2 is 1.79 bits per heavy atom. The molecular weight excluding hydrogens is 412 g/mol. The largest absolute Gasteiger partial charge is 0.382 e. The Bertz CT molecular complexity index is 979. The highest BCUT2D eigenvalue weighted by Crippen LogP contribution is 2.43. The van der Waals surface area contributed by atoms with E-state index in [1.165, 1.54) is 0 Å². The third kappa shape index (κ3) is 6.34. The highest BCUT2D eigenvalue weighted by molar-refractivity contribution is 6.42. The summed E-state index contributed by atoms with van der Waals surface area (Å²) in [6.45, 7) is 11.8. The van der Waals surface area contributed by atoms with Crippen LogP contribution in [-0.4, -0.2) is 36.3 Å². The second-order valence-electron chi connectivity index (χ2n) is 11.0. The van der Waals surface area contributed by atoms with Crippen LogP contribution in [0, 0.1) is 10.8 Å². The molecule has 1 heterocycles. The topological polar surface area (TPSA) is 83.1 Å². The molecule has 0 aliphatic heterocycles. The van der Waals surface area contributed by atoms with Gasteiger partial charge in [0, 0.05) is 36.8 Å². The summed E-state index contributed by atoms with van der Waals surface area (Å²) >= 11 is 0. The van der Waals surface area contributed by atoms with E-state index < -0.39 is 11.7 Å². The molecule has 2 atom stereocenters. The molecule has 3 rings (SSSR count). The van der Waals surface area contributed by atoms with Gasteiger partial charge in [-0.2, -0.15) is 0 Å². The molecule has 1 saturated carbocycles. The number of anilines is 2. The van der Waals surface area contributed by atoms with Gasteiger partial charge in [-0.05, 0) is 42.2 Å². The fourth-order valence-corrected chi connectivity index (χ4v) is 4.30. The molecule has 1 aromatic heterocycles. The number of nitrogens with one attached hydrogen (secondary N) is 3. The summed E-state index contributed by atoms with van der Waals surface area (Å²) in [5.74, 6) is 0.0317. The first-order valence-corrected chi connectivity index (χ1v) is 11.8. The van der Waals surface area contributed by atoms with Crippen molar-refractivity contribution in [2.24, 2.45) is 10.8 Å². The summed E-state index contributed by atoms with van der Waals surface area (Å²) in [6.07, 6.45) is 2.70. The van der Waals surface area contributed by atoms with Crippen LogP contribution in [0.3, 0.4) is 0 Å². The van der Waals surface area contributed by atoms with Crippen molar-refractivity contribution in [1.82, 2.24) is 10.3 Å². The van der Waals surface area contributed by atoms with Crippen LogP contribution >= 0.6 is 0 Å². The number of carbonyl (C=O) groups excluding carboxylic acids is 2. The van der Waals surface area contributed by atoms with Crippen LogP contribution in [0.5, 0.6) is 0 Å². The molecule has 0 spiro atoms. The van der Waals surface area contributed by atoms with E-state index in [1.807, 2.05) is 13.1 Å². The van der Waals surface area contributed by atoms with Gasteiger partial charge in [-0.1, -0.05) is 65.0 Å². The molecule has 33 heavy (non-hydrogen) atoms. The maximum Gasteiger partial charge on any atom is 0.292 e. The molecule has 6 heteroatoms. The monoisotopic (exact) mass is 450 g/mol. The van der Waals surface area contributed by atoms with Gasteiger partial charge in [0.05, 0.1) is 5.69 Å². The summed E-state index contributed by atoms with van der Waals surface area (Å²) < 4.78 is 0. The first-order chi connectivity index (χ1) is 15.5. The molecule has 1 amide bonds. The molecule has 2 unspecified atom stereocenters. The highest BCUT2D eigenvalue weighted by atomic mass is 16.2. The minimum Gasteiger partial charge on any atom is -0.382 e. The van der Waals surface area contributed by atoms with Crippen molar-refractivity contribution in [2.75, 3.05) is 24.2 Å². The van der Waals surface area contributed by atoms with Crippen molar-refractivity contribution in [3.8, 4) is 0 Å². The average Bonchev–Trinajstić information content (AvgIpc) is 2.78. The second kappa shape index (κ2) is 9.94. The van der Waals surface area contributed by atoms with Crippen LogP contribution < -0.4 is 16.0 Å². The van der Waals surface area contributed by atoms with E-state index in [9.17, 15) is 9.59 Å². The number of ketones is 1.